The lowest BCUT2D eigenvalue weighted by molar-refractivity contribution is 0.0685. The average Bonchev–Trinajstić information content (AvgIpc) is 3.24. The molecule has 5 heteroatoms. The van der Waals surface area contributed by atoms with Gasteiger partial charge in [-0.2, -0.15) is 0 Å². The minimum Gasteiger partial charge on any atom is -0.454 e. The molecular formula is C18H22N2O3. The van der Waals surface area contributed by atoms with Crippen LogP contribution in [0.15, 0.2) is 30.6 Å². The first-order valence-corrected chi connectivity index (χ1v) is 8.30. The van der Waals surface area contributed by atoms with Crippen molar-refractivity contribution in [1.82, 2.24) is 9.55 Å². The molecule has 0 amide bonds. The molecule has 0 aliphatic carbocycles. The van der Waals surface area contributed by atoms with Gasteiger partial charge in [-0.3, -0.25) is 0 Å². The van der Waals surface area contributed by atoms with Crippen LogP contribution >= 0.6 is 0 Å². The van der Waals surface area contributed by atoms with Gasteiger partial charge in [0.15, 0.2) is 11.5 Å². The van der Waals surface area contributed by atoms with Crippen LogP contribution in [-0.2, 0) is 11.2 Å². The molecule has 23 heavy (non-hydrogen) atoms. The summed E-state index contributed by atoms with van der Waals surface area (Å²) in [5, 5.41) is 0. The molecule has 2 aliphatic heterocycles. The van der Waals surface area contributed by atoms with Gasteiger partial charge in [0, 0.05) is 37.6 Å². The maximum atomic E-state index is 5.48. The molecule has 1 aromatic carbocycles. The standard InChI is InChI=1S/C18H22N2O3/c1-13(10-14-2-3-16-17(11-14)23-12-22-16)18-19-6-7-20(18)15-4-8-21-9-5-15/h2-3,6-7,11,13,15H,4-5,8-10,12H2,1H3. The van der Waals surface area contributed by atoms with Crippen molar-refractivity contribution in [1.29, 1.82) is 0 Å². The van der Waals surface area contributed by atoms with Crippen LogP contribution in [-0.4, -0.2) is 29.6 Å². The SMILES string of the molecule is CC(Cc1ccc2c(c1)OCO2)c1nccn1C1CCOCC1. The van der Waals surface area contributed by atoms with Crippen molar-refractivity contribution < 1.29 is 14.2 Å². The fraction of sp³-hybridized carbons (Fsp3) is 0.500. The molecule has 1 aromatic heterocycles. The first-order valence-electron chi connectivity index (χ1n) is 8.30. The Bertz CT molecular complexity index is 677. The van der Waals surface area contributed by atoms with E-state index in [1.54, 1.807) is 0 Å². The van der Waals surface area contributed by atoms with E-state index in [1.165, 1.54) is 5.56 Å². The fourth-order valence-corrected chi connectivity index (χ4v) is 3.49. The number of aromatic nitrogens is 2. The van der Waals surface area contributed by atoms with E-state index >= 15 is 0 Å². The molecule has 4 rings (SSSR count). The summed E-state index contributed by atoms with van der Waals surface area (Å²) in [7, 11) is 0. The highest BCUT2D eigenvalue weighted by molar-refractivity contribution is 5.44. The van der Waals surface area contributed by atoms with Crippen LogP contribution in [0.2, 0.25) is 0 Å². The van der Waals surface area contributed by atoms with Crippen molar-refractivity contribution in [3.8, 4) is 11.5 Å². The second kappa shape index (κ2) is 6.24. The van der Waals surface area contributed by atoms with Gasteiger partial charge in [0.05, 0.1) is 0 Å². The Morgan fingerprint density at radius 1 is 1.22 bits per heavy atom. The lowest BCUT2D eigenvalue weighted by atomic mass is 9.99. The Hall–Kier alpha value is -2.01. The van der Waals surface area contributed by atoms with Crippen molar-refractivity contribution in [3.63, 3.8) is 0 Å². The Kier molecular flexibility index (Phi) is 3.95. The number of ether oxygens (including phenoxy) is 3. The van der Waals surface area contributed by atoms with Crippen LogP contribution in [0.1, 0.15) is 43.1 Å². The molecule has 1 unspecified atom stereocenters. The van der Waals surface area contributed by atoms with Crippen LogP contribution in [0.25, 0.3) is 0 Å². The van der Waals surface area contributed by atoms with E-state index in [2.05, 4.69) is 34.8 Å². The van der Waals surface area contributed by atoms with Gasteiger partial charge in [0.25, 0.3) is 0 Å². The van der Waals surface area contributed by atoms with Gasteiger partial charge in [-0.05, 0) is 37.0 Å². The normalized spacial score (nSPS) is 19.0. The predicted molar refractivity (Wildman–Crippen MR) is 86.0 cm³/mol. The van der Waals surface area contributed by atoms with E-state index in [1.807, 2.05) is 12.3 Å². The molecule has 1 atom stereocenters. The van der Waals surface area contributed by atoms with Gasteiger partial charge in [-0.25, -0.2) is 4.98 Å². The molecule has 2 aromatic rings. The molecule has 0 saturated carbocycles. The van der Waals surface area contributed by atoms with Gasteiger partial charge in [-0.1, -0.05) is 13.0 Å². The summed E-state index contributed by atoms with van der Waals surface area (Å²) in [5.74, 6) is 3.20. The van der Waals surface area contributed by atoms with Gasteiger partial charge in [0.2, 0.25) is 6.79 Å². The second-order valence-electron chi connectivity index (χ2n) is 6.33. The number of benzene rings is 1. The highest BCUT2D eigenvalue weighted by atomic mass is 16.7. The van der Waals surface area contributed by atoms with Crippen LogP contribution < -0.4 is 9.47 Å². The maximum Gasteiger partial charge on any atom is 0.231 e. The molecule has 0 radical (unpaired) electrons. The quantitative estimate of drug-likeness (QED) is 0.868. The third-order valence-electron chi connectivity index (χ3n) is 4.70. The van der Waals surface area contributed by atoms with E-state index in [0.717, 1.165) is 49.8 Å². The van der Waals surface area contributed by atoms with Crippen molar-refractivity contribution in [2.24, 2.45) is 0 Å². The van der Waals surface area contributed by atoms with Crippen molar-refractivity contribution in [2.45, 2.75) is 38.1 Å². The minimum atomic E-state index is 0.322. The van der Waals surface area contributed by atoms with E-state index < -0.39 is 0 Å². The highest BCUT2D eigenvalue weighted by Crippen LogP contribution is 2.34. The third-order valence-corrected chi connectivity index (χ3v) is 4.70. The van der Waals surface area contributed by atoms with Crippen LogP contribution in [0.5, 0.6) is 11.5 Å². The molecule has 1 fully saturated rings. The van der Waals surface area contributed by atoms with E-state index in [9.17, 15) is 0 Å². The summed E-state index contributed by atoms with van der Waals surface area (Å²) in [6, 6.07) is 6.71. The van der Waals surface area contributed by atoms with Gasteiger partial charge in [0.1, 0.15) is 5.82 Å². The molecule has 1 saturated heterocycles. The second-order valence-corrected chi connectivity index (χ2v) is 6.33. The summed E-state index contributed by atoms with van der Waals surface area (Å²) in [5.41, 5.74) is 1.25. The first-order chi connectivity index (χ1) is 11.3. The number of imidazole rings is 1. The Balaban J connectivity index is 1.51. The van der Waals surface area contributed by atoms with E-state index in [0.29, 0.717) is 18.8 Å². The lowest BCUT2D eigenvalue weighted by Gasteiger charge is -2.26. The Morgan fingerprint density at radius 3 is 2.91 bits per heavy atom. The predicted octanol–water partition coefficient (Wildman–Crippen LogP) is 3.31. The smallest absolute Gasteiger partial charge is 0.231 e. The number of nitrogens with zero attached hydrogens (tertiary/aromatic N) is 2. The number of hydrogen-bond acceptors (Lipinski definition) is 4. The van der Waals surface area contributed by atoms with Crippen LogP contribution in [0.3, 0.4) is 0 Å². The maximum absolute atomic E-state index is 5.48. The summed E-state index contributed by atoms with van der Waals surface area (Å²) in [6.45, 7) is 4.25. The van der Waals surface area contributed by atoms with Gasteiger partial charge < -0.3 is 18.8 Å². The van der Waals surface area contributed by atoms with Gasteiger partial charge >= 0.3 is 0 Å². The van der Waals surface area contributed by atoms with Crippen molar-refractivity contribution >= 4 is 0 Å². The van der Waals surface area contributed by atoms with E-state index in [-0.39, 0.29) is 0 Å². The summed E-state index contributed by atoms with van der Waals surface area (Å²) >= 11 is 0. The number of fused-ring (bicyclic) bond motifs is 1. The monoisotopic (exact) mass is 314 g/mol. The molecular weight excluding hydrogens is 292 g/mol. The molecule has 5 nitrogen and oxygen atoms in total. The molecule has 0 N–H and O–H groups in total. The zero-order valence-electron chi connectivity index (χ0n) is 13.4. The highest BCUT2D eigenvalue weighted by Gasteiger charge is 2.22. The van der Waals surface area contributed by atoms with Crippen LogP contribution in [0, 0.1) is 0 Å². The first kappa shape index (κ1) is 14.6. The Morgan fingerprint density at radius 2 is 2.04 bits per heavy atom. The lowest BCUT2D eigenvalue weighted by Crippen LogP contribution is -2.21. The van der Waals surface area contributed by atoms with Crippen LogP contribution in [0.4, 0.5) is 0 Å². The molecule has 2 aliphatic rings. The van der Waals surface area contributed by atoms with Crippen molar-refractivity contribution in [2.75, 3.05) is 20.0 Å². The topological polar surface area (TPSA) is 45.5 Å². The van der Waals surface area contributed by atoms with E-state index in [4.69, 9.17) is 14.2 Å². The summed E-state index contributed by atoms with van der Waals surface area (Å²) in [4.78, 5) is 4.63. The average molecular weight is 314 g/mol. The Labute approximate surface area is 136 Å². The third kappa shape index (κ3) is 2.93. The molecule has 0 bridgehead atoms. The number of hydrogen-bond donors (Lipinski definition) is 0. The molecule has 122 valence electrons. The zero-order valence-corrected chi connectivity index (χ0v) is 13.4. The molecule has 3 heterocycles. The summed E-state index contributed by atoms with van der Waals surface area (Å²) < 4.78 is 18.7. The fourth-order valence-electron chi connectivity index (χ4n) is 3.49. The van der Waals surface area contributed by atoms with Gasteiger partial charge in [-0.15, -0.1) is 0 Å². The number of rotatable bonds is 4. The van der Waals surface area contributed by atoms with Crippen molar-refractivity contribution in [3.05, 3.63) is 42.0 Å². The zero-order chi connectivity index (χ0) is 15.6. The largest absolute Gasteiger partial charge is 0.454 e. The summed E-state index contributed by atoms with van der Waals surface area (Å²) in [6.07, 6.45) is 7.11. The minimum absolute atomic E-state index is 0.322. The molecule has 0 spiro atoms.